The zero-order valence-electron chi connectivity index (χ0n) is 40.1. The Hall–Kier alpha value is 3.69. The van der Waals surface area contributed by atoms with Crippen molar-refractivity contribution < 1.29 is 28.6 Å². The summed E-state index contributed by atoms with van der Waals surface area (Å²) in [5, 5.41) is 0. The SMILES string of the molecule is CSC1=C(SC)SC(=C2SC3=C(SCC(COC(=O)c4cc(C(=O)OCC5CSC6=C(SC5)SC(=C5SC(SC)=C(SC)S5)S6)cc(C(=O)OCC5CSC6=C(SC5)SC(=C5SC(SC)=C(SC)S5)S6)c4)CS3)S2)S1. The molecule has 0 atom stereocenters. The van der Waals surface area contributed by atoms with Crippen molar-refractivity contribution in [2.45, 2.75) is 0 Å². The third-order valence-corrected chi connectivity index (χ3v) is 45.7. The molecule has 10 rings (SSSR count). The molecule has 0 fully saturated rings. The van der Waals surface area contributed by atoms with E-state index in [4.69, 9.17) is 14.2 Å². The molecule has 0 saturated heterocycles. The van der Waals surface area contributed by atoms with E-state index >= 15 is 0 Å². The first kappa shape index (κ1) is 61.8. The molecule has 9 aliphatic heterocycles. The molecule has 0 spiro atoms. The number of carbonyl (C=O) groups excluding carboxylic acids is 3. The van der Waals surface area contributed by atoms with Gasteiger partial charge in [0.05, 0.1) is 113 Å². The normalized spacial score (nSPS) is 22.3. The van der Waals surface area contributed by atoms with Gasteiger partial charge >= 0.3 is 17.9 Å². The Balaban J connectivity index is 0.754. The van der Waals surface area contributed by atoms with Crippen molar-refractivity contribution in [2.24, 2.45) is 17.8 Å². The molecule has 6 nitrogen and oxygen atoms in total. The molecular formula is C45H42O6S24. The lowest BCUT2D eigenvalue weighted by atomic mass is 10.1. The zero-order chi connectivity index (χ0) is 52.2. The van der Waals surface area contributed by atoms with Crippen LogP contribution in [0.4, 0.5) is 0 Å². The van der Waals surface area contributed by atoms with Crippen LogP contribution in [0.5, 0.6) is 0 Å². The predicted octanol–water partition coefficient (Wildman–Crippen LogP) is 20.6. The van der Waals surface area contributed by atoms with Crippen molar-refractivity contribution in [1.29, 1.82) is 0 Å². The first-order valence-corrected chi connectivity index (χ1v) is 45.1. The van der Waals surface area contributed by atoms with Crippen LogP contribution < -0.4 is 0 Å². The Kier molecular flexibility index (Phi) is 24.6. The topological polar surface area (TPSA) is 78.9 Å². The van der Waals surface area contributed by atoms with Gasteiger partial charge in [0.2, 0.25) is 0 Å². The van der Waals surface area contributed by atoms with Gasteiger partial charge in [0.1, 0.15) is 0 Å². The molecular weight excluding hydrogens is 1410 g/mol. The number of hydrogen-bond donors (Lipinski definition) is 0. The van der Waals surface area contributed by atoms with Gasteiger partial charge in [-0.1, -0.05) is 141 Å². The summed E-state index contributed by atoms with van der Waals surface area (Å²) in [6.07, 6.45) is 12.9. The minimum Gasteiger partial charge on any atom is -0.462 e. The first-order valence-electron chi connectivity index (χ1n) is 22.0. The fourth-order valence-electron chi connectivity index (χ4n) is 6.82. The van der Waals surface area contributed by atoms with Crippen molar-refractivity contribution in [1.82, 2.24) is 0 Å². The Labute approximate surface area is 541 Å². The van der Waals surface area contributed by atoms with Crippen LogP contribution in [0.15, 0.2) is 94.5 Å². The number of ether oxygens (including phenoxy) is 3. The molecule has 0 aliphatic carbocycles. The molecule has 0 N–H and O–H groups in total. The lowest BCUT2D eigenvalue weighted by Gasteiger charge is -2.17. The lowest BCUT2D eigenvalue weighted by Crippen LogP contribution is -2.21. The Bertz CT molecular complexity index is 2380. The second kappa shape index (κ2) is 29.9. The van der Waals surface area contributed by atoms with Gasteiger partial charge in [-0.15, -0.1) is 141 Å². The second-order valence-corrected chi connectivity index (χ2v) is 43.7. The summed E-state index contributed by atoms with van der Waals surface area (Å²) in [7, 11) is 0. The average molecular weight is 1450 g/mol. The third kappa shape index (κ3) is 15.6. The molecule has 0 bridgehead atoms. The van der Waals surface area contributed by atoms with Gasteiger partial charge in [-0.3, -0.25) is 0 Å². The smallest absolute Gasteiger partial charge is 0.338 e. The molecule has 0 saturated carbocycles. The molecule has 0 aromatic heterocycles. The fraction of sp³-hybridized carbons (Fsp3) is 0.400. The monoisotopic (exact) mass is 1450 g/mol. The van der Waals surface area contributed by atoms with Gasteiger partial charge in [0, 0.05) is 52.3 Å². The van der Waals surface area contributed by atoms with Crippen LogP contribution in [-0.2, 0) is 14.2 Å². The Morgan fingerprint density at radius 1 is 0.333 bits per heavy atom. The standard InChI is InChI=1S/C45H42O6S24/c1-52-28-29(53-2)65-40(64-28)43-70-34-35(71-43)59-14-19(13-58-34)10-49-25(46)22-7-23(26(47)50-11-20-15-60-36-37(61-16-20)73-44(72-36)41-66-30(54-3)31(55-4)67-41)9-24(8-22)27(48)51-12-21-17-62-38-39(63-18-21)75-45(74-38)42-68-32(56-5)33(57-6)69-42/h7-9,19-21H,10-18H2,1-6H3. The maximum absolute atomic E-state index is 14.0. The van der Waals surface area contributed by atoms with Crippen molar-refractivity contribution in [3.8, 4) is 0 Å². The van der Waals surface area contributed by atoms with E-state index in [0.29, 0.717) is 0 Å². The predicted molar refractivity (Wildman–Crippen MR) is 378 cm³/mol. The molecule has 1 aromatic rings. The number of esters is 3. The number of thioether (sulfide) groups is 24. The van der Waals surface area contributed by atoms with Crippen LogP contribution in [0.25, 0.3) is 0 Å². The summed E-state index contributed by atoms with van der Waals surface area (Å²) >= 11 is 44.4. The van der Waals surface area contributed by atoms with Crippen molar-refractivity contribution in [2.75, 3.05) is 91.9 Å². The van der Waals surface area contributed by atoms with Gasteiger partial charge in [0.15, 0.2) is 0 Å². The molecule has 1 aromatic carbocycles. The summed E-state index contributed by atoms with van der Waals surface area (Å²) in [6.45, 7) is 0.690. The van der Waals surface area contributed by atoms with Crippen LogP contribution in [-0.4, -0.2) is 110 Å². The largest absolute Gasteiger partial charge is 0.462 e. The molecule has 402 valence electrons. The van der Waals surface area contributed by atoms with E-state index in [2.05, 4.69) is 37.5 Å². The van der Waals surface area contributed by atoms with E-state index in [1.807, 2.05) is 282 Å². The van der Waals surface area contributed by atoms with Crippen molar-refractivity contribution in [3.05, 3.63) is 111 Å². The highest BCUT2D eigenvalue weighted by Gasteiger charge is 2.36. The van der Waals surface area contributed by atoms with Gasteiger partial charge in [-0.05, 0) is 55.7 Å². The quantitative estimate of drug-likeness (QED) is 0.123. The Morgan fingerprint density at radius 3 is 0.707 bits per heavy atom. The van der Waals surface area contributed by atoms with E-state index < -0.39 is 17.9 Å². The van der Waals surface area contributed by atoms with Crippen molar-refractivity contribution >= 4 is 300 Å². The molecule has 9 aliphatic rings. The fourth-order valence-corrected chi connectivity index (χ4v) is 41.3. The zero-order valence-corrected chi connectivity index (χ0v) is 59.7. The number of carbonyl (C=O) groups is 3. The molecule has 0 radical (unpaired) electrons. The summed E-state index contributed by atoms with van der Waals surface area (Å²) in [5.41, 5.74) is 0.401. The minimum absolute atomic E-state index is 0.127. The Morgan fingerprint density at radius 2 is 0.520 bits per heavy atom. The maximum atomic E-state index is 14.0. The second-order valence-electron chi connectivity index (χ2n) is 15.7. The lowest BCUT2D eigenvalue weighted by molar-refractivity contribution is 0.0459. The van der Waals surface area contributed by atoms with E-state index in [1.54, 1.807) is 0 Å². The van der Waals surface area contributed by atoms with Gasteiger partial charge in [0.25, 0.3) is 0 Å². The number of rotatable bonds is 15. The van der Waals surface area contributed by atoms with Crippen LogP contribution in [0.3, 0.4) is 0 Å². The van der Waals surface area contributed by atoms with Crippen LogP contribution >= 0.6 is 282 Å². The highest BCUT2D eigenvalue weighted by atomic mass is 32.3. The van der Waals surface area contributed by atoms with Crippen LogP contribution in [0.2, 0.25) is 0 Å². The first-order chi connectivity index (χ1) is 36.5. The molecule has 75 heavy (non-hydrogen) atoms. The molecule has 30 heteroatoms. The van der Waals surface area contributed by atoms with E-state index in [-0.39, 0.29) is 54.3 Å². The highest BCUT2D eigenvalue weighted by Crippen LogP contribution is 2.69. The summed E-state index contributed by atoms with van der Waals surface area (Å²) in [5.74, 6) is 3.60. The van der Waals surface area contributed by atoms with Gasteiger partial charge in [-0.25, -0.2) is 14.4 Å². The van der Waals surface area contributed by atoms with E-state index in [0.717, 1.165) is 34.5 Å². The van der Waals surface area contributed by atoms with Crippen molar-refractivity contribution in [3.63, 3.8) is 0 Å². The van der Waals surface area contributed by atoms with E-state index in [1.165, 1.54) is 94.5 Å². The van der Waals surface area contributed by atoms with E-state index in [9.17, 15) is 14.4 Å². The summed E-state index contributed by atoms with van der Waals surface area (Å²) < 4.78 is 42.4. The summed E-state index contributed by atoms with van der Waals surface area (Å²) in [6, 6.07) is 4.53. The van der Waals surface area contributed by atoms with Crippen LogP contribution in [0.1, 0.15) is 31.1 Å². The van der Waals surface area contributed by atoms with Gasteiger partial charge < -0.3 is 14.2 Å². The summed E-state index contributed by atoms with van der Waals surface area (Å²) in [4.78, 5) is 42.0. The third-order valence-electron chi connectivity index (χ3n) is 10.5. The van der Waals surface area contributed by atoms with Gasteiger partial charge in [-0.2, -0.15) is 0 Å². The maximum Gasteiger partial charge on any atom is 0.338 e. The highest BCUT2D eigenvalue weighted by molar-refractivity contribution is 8.47. The molecule has 9 heterocycles. The average Bonchev–Trinajstić information content (AvgIpc) is 4.31. The molecule has 0 amide bonds. The minimum atomic E-state index is -0.576. The number of hydrogen-bond acceptors (Lipinski definition) is 30. The number of benzene rings is 1. The van der Waals surface area contributed by atoms with Crippen LogP contribution in [0, 0.1) is 17.8 Å². The molecule has 0 unspecified atom stereocenters.